The SMILES string of the molecule is NC[C@H](O)COc1ccccc1C1CCCC1. The van der Waals surface area contributed by atoms with Crippen molar-refractivity contribution in [1.29, 1.82) is 0 Å². The summed E-state index contributed by atoms with van der Waals surface area (Å²) in [5.74, 6) is 1.54. The van der Waals surface area contributed by atoms with E-state index in [4.69, 9.17) is 10.5 Å². The number of hydrogen-bond donors (Lipinski definition) is 2. The lowest BCUT2D eigenvalue weighted by atomic mass is 9.97. The summed E-state index contributed by atoms with van der Waals surface area (Å²) in [6.07, 6.45) is 4.54. The molecule has 1 atom stereocenters. The third-order valence-electron chi connectivity index (χ3n) is 3.42. The third-order valence-corrected chi connectivity index (χ3v) is 3.42. The van der Waals surface area contributed by atoms with Gasteiger partial charge in [-0.05, 0) is 30.4 Å². The zero-order valence-electron chi connectivity index (χ0n) is 10.1. The van der Waals surface area contributed by atoms with Gasteiger partial charge in [-0.2, -0.15) is 0 Å². The van der Waals surface area contributed by atoms with Crippen LogP contribution in [0.15, 0.2) is 24.3 Å². The van der Waals surface area contributed by atoms with Gasteiger partial charge < -0.3 is 15.6 Å². The molecule has 1 saturated carbocycles. The Labute approximate surface area is 103 Å². The first kappa shape index (κ1) is 12.4. The molecule has 0 aromatic heterocycles. The second-order valence-electron chi connectivity index (χ2n) is 4.72. The Kier molecular flexibility index (Phi) is 4.40. The highest BCUT2D eigenvalue weighted by atomic mass is 16.5. The number of hydrogen-bond acceptors (Lipinski definition) is 3. The third kappa shape index (κ3) is 3.20. The number of aliphatic hydroxyl groups excluding tert-OH is 1. The van der Waals surface area contributed by atoms with Gasteiger partial charge in [-0.25, -0.2) is 0 Å². The average molecular weight is 235 g/mol. The van der Waals surface area contributed by atoms with E-state index in [-0.39, 0.29) is 13.2 Å². The summed E-state index contributed by atoms with van der Waals surface area (Å²) in [4.78, 5) is 0. The van der Waals surface area contributed by atoms with Crippen molar-refractivity contribution in [2.24, 2.45) is 5.73 Å². The molecule has 0 spiro atoms. The summed E-state index contributed by atoms with van der Waals surface area (Å²) in [6, 6.07) is 8.15. The molecule has 17 heavy (non-hydrogen) atoms. The van der Waals surface area contributed by atoms with Crippen LogP contribution >= 0.6 is 0 Å². The van der Waals surface area contributed by atoms with Crippen LogP contribution in [-0.4, -0.2) is 24.4 Å². The summed E-state index contributed by atoms with van der Waals surface area (Å²) < 4.78 is 5.67. The Hall–Kier alpha value is -1.06. The van der Waals surface area contributed by atoms with Crippen LogP contribution in [0.5, 0.6) is 5.75 Å². The highest BCUT2D eigenvalue weighted by Gasteiger charge is 2.20. The van der Waals surface area contributed by atoms with Crippen LogP contribution in [0.1, 0.15) is 37.2 Å². The molecule has 1 aromatic carbocycles. The molecule has 0 saturated heterocycles. The molecule has 3 nitrogen and oxygen atoms in total. The first-order valence-corrected chi connectivity index (χ1v) is 6.41. The zero-order valence-corrected chi connectivity index (χ0v) is 10.1. The van der Waals surface area contributed by atoms with E-state index in [1.54, 1.807) is 0 Å². The van der Waals surface area contributed by atoms with Crippen LogP contribution in [0.2, 0.25) is 0 Å². The minimum Gasteiger partial charge on any atom is -0.491 e. The number of nitrogens with two attached hydrogens (primary N) is 1. The molecule has 0 radical (unpaired) electrons. The van der Waals surface area contributed by atoms with Crippen molar-refractivity contribution in [2.75, 3.05) is 13.2 Å². The van der Waals surface area contributed by atoms with Gasteiger partial charge in [0.15, 0.2) is 0 Å². The van der Waals surface area contributed by atoms with Crippen LogP contribution in [0.3, 0.4) is 0 Å². The first-order chi connectivity index (χ1) is 8.31. The highest BCUT2D eigenvalue weighted by Crippen LogP contribution is 2.38. The lowest BCUT2D eigenvalue weighted by Gasteiger charge is -2.17. The van der Waals surface area contributed by atoms with Gasteiger partial charge in [0, 0.05) is 6.54 Å². The molecule has 1 aromatic rings. The summed E-state index contributed by atoms with van der Waals surface area (Å²) in [5, 5.41) is 9.43. The molecule has 0 aliphatic heterocycles. The summed E-state index contributed by atoms with van der Waals surface area (Å²) in [6.45, 7) is 0.520. The Morgan fingerprint density at radius 3 is 2.71 bits per heavy atom. The minimum absolute atomic E-state index is 0.242. The van der Waals surface area contributed by atoms with Crippen LogP contribution in [-0.2, 0) is 0 Å². The topological polar surface area (TPSA) is 55.5 Å². The van der Waals surface area contributed by atoms with Gasteiger partial charge in [0.25, 0.3) is 0 Å². The fourth-order valence-electron chi connectivity index (χ4n) is 2.44. The van der Waals surface area contributed by atoms with E-state index in [0.717, 1.165) is 5.75 Å². The molecule has 94 valence electrons. The summed E-state index contributed by atoms with van der Waals surface area (Å²) >= 11 is 0. The van der Waals surface area contributed by atoms with Gasteiger partial charge >= 0.3 is 0 Å². The second kappa shape index (κ2) is 6.03. The molecule has 3 heteroatoms. The summed E-state index contributed by atoms with van der Waals surface area (Å²) in [7, 11) is 0. The largest absolute Gasteiger partial charge is 0.491 e. The number of rotatable bonds is 5. The molecule has 0 amide bonds. The van der Waals surface area contributed by atoms with Crippen molar-refractivity contribution < 1.29 is 9.84 Å². The molecule has 2 rings (SSSR count). The van der Waals surface area contributed by atoms with Crippen molar-refractivity contribution in [3.8, 4) is 5.75 Å². The molecular formula is C14H21NO2. The maximum atomic E-state index is 9.43. The first-order valence-electron chi connectivity index (χ1n) is 6.41. The Balaban J connectivity index is 2.04. The maximum Gasteiger partial charge on any atom is 0.122 e. The minimum atomic E-state index is -0.577. The number of benzene rings is 1. The van der Waals surface area contributed by atoms with E-state index in [1.807, 2.05) is 12.1 Å². The molecule has 3 N–H and O–H groups in total. The smallest absolute Gasteiger partial charge is 0.122 e. The fraction of sp³-hybridized carbons (Fsp3) is 0.571. The molecule has 1 aliphatic carbocycles. The quantitative estimate of drug-likeness (QED) is 0.821. The van der Waals surface area contributed by atoms with Gasteiger partial charge in [0.2, 0.25) is 0 Å². The number of para-hydroxylation sites is 1. The second-order valence-corrected chi connectivity index (χ2v) is 4.72. The van der Waals surface area contributed by atoms with E-state index in [2.05, 4.69) is 12.1 Å². The normalized spacial score (nSPS) is 18.2. The molecule has 1 aliphatic rings. The van der Waals surface area contributed by atoms with Gasteiger partial charge in [0.1, 0.15) is 18.5 Å². The lowest BCUT2D eigenvalue weighted by Crippen LogP contribution is -2.26. The standard InChI is InChI=1S/C14H21NO2/c15-9-12(16)10-17-14-8-4-3-7-13(14)11-5-1-2-6-11/h3-4,7-8,11-12,16H,1-2,5-6,9-10,15H2/t12-/m0/s1. The van der Waals surface area contributed by atoms with E-state index >= 15 is 0 Å². The zero-order chi connectivity index (χ0) is 12.1. The average Bonchev–Trinajstić information content (AvgIpc) is 2.90. The Morgan fingerprint density at radius 2 is 2.00 bits per heavy atom. The van der Waals surface area contributed by atoms with E-state index < -0.39 is 6.10 Å². The van der Waals surface area contributed by atoms with Gasteiger partial charge in [-0.15, -0.1) is 0 Å². The van der Waals surface area contributed by atoms with Crippen LogP contribution in [0.4, 0.5) is 0 Å². The molecule has 0 heterocycles. The van der Waals surface area contributed by atoms with E-state index in [0.29, 0.717) is 5.92 Å². The summed E-state index contributed by atoms with van der Waals surface area (Å²) in [5.41, 5.74) is 6.65. The Bertz CT molecular complexity index is 348. The maximum absolute atomic E-state index is 9.43. The fourth-order valence-corrected chi connectivity index (χ4v) is 2.44. The van der Waals surface area contributed by atoms with E-state index in [1.165, 1.54) is 31.2 Å². The van der Waals surface area contributed by atoms with Crippen LogP contribution in [0.25, 0.3) is 0 Å². The van der Waals surface area contributed by atoms with Crippen LogP contribution in [0, 0.1) is 0 Å². The van der Waals surface area contributed by atoms with Gasteiger partial charge in [-0.3, -0.25) is 0 Å². The molecule has 0 bridgehead atoms. The van der Waals surface area contributed by atoms with Crippen molar-refractivity contribution >= 4 is 0 Å². The predicted molar refractivity (Wildman–Crippen MR) is 68.2 cm³/mol. The van der Waals surface area contributed by atoms with Crippen molar-refractivity contribution in [2.45, 2.75) is 37.7 Å². The van der Waals surface area contributed by atoms with E-state index in [9.17, 15) is 5.11 Å². The van der Waals surface area contributed by atoms with Crippen LogP contribution < -0.4 is 10.5 Å². The predicted octanol–water partition coefficient (Wildman–Crippen LogP) is 2.04. The monoisotopic (exact) mass is 235 g/mol. The Morgan fingerprint density at radius 1 is 1.29 bits per heavy atom. The lowest BCUT2D eigenvalue weighted by molar-refractivity contribution is 0.113. The van der Waals surface area contributed by atoms with Crippen molar-refractivity contribution in [3.05, 3.63) is 29.8 Å². The molecular weight excluding hydrogens is 214 g/mol. The van der Waals surface area contributed by atoms with Crippen molar-refractivity contribution in [3.63, 3.8) is 0 Å². The van der Waals surface area contributed by atoms with Gasteiger partial charge in [0.05, 0.1) is 0 Å². The number of aliphatic hydroxyl groups is 1. The molecule has 0 unspecified atom stereocenters. The van der Waals surface area contributed by atoms with Crippen molar-refractivity contribution in [1.82, 2.24) is 0 Å². The highest BCUT2D eigenvalue weighted by molar-refractivity contribution is 5.36. The number of ether oxygens (including phenoxy) is 1. The molecule has 1 fully saturated rings. The van der Waals surface area contributed by atoms with Gasteiger partial charge in [-0.1, -0.05) is 31.0 Å².